The van der Waals surface area contributed by atoms with Crippen molar-refractivity contribution in [3.8, 4) is 0 Å². The summed E-state index contributed by atoms with van der Waals surface area (Å²) in [4.78, 5) is 27.8. The topological polar surface area (TPSA) is 65.0 Å². The van der Waals surface area contributed by atoms with Crippen LogP contribution in [-0.2, 0) is 19.1 Å². The minimum absolute atomic E-state index is 0.306. The fraction of sp³-hybridized carbons (Fsp3) is 0.500. The van der Waals surface area contributed by atoms with Gasteiger partial charge in [-0.25, -0.2) is 9.59 Å². The number of nitrogens with zero attached hydrogens (tertiary/aromatic N) is 1. The van der Waals surface area contributed by atoms with Crippen molar-refractivity contribution >= 4 is 17.7 Å². The van der Waals surface area contributed by atoms with Crippen LogP contribution in [0.25, 0.3) is 0 Å². The van der Waals surface area contributed by atoms with Gasteiger partial charge in [-0.3, -0.25) is 4.99 Å². The van der Waals surface area contributed by atoms with Gasteiger partial charge in [0.2, 0.25) is 0 Å². The van der Waals surface area contributed by atoms with Crippen LogP contribution >= 0.6 is 0 Å². The molecule has 0 amide bonds. The van der Waals surface area contributed by atoms with Crippen LogP contribution < -0.4 is 0 Å². The number of ether oxygens (including phenoxy) is 2. The summed E-state index contributed by atoms with van der Waals surface area (Å²) in [6.07, 6.45) is 1.99. The molecule has 1 heterocycles. The first kappa shape index (κ1) is 15.1. The molecular formula is C14H19NO4. The maximum absolute atomic E-state index is 11.8. The van der Waals surface area contributed by atoms with E-state index in [1.165, 1.54) is 0 Å². The summed E-state index contributed by atoms with van der Waals surface area (Å²) < 4.78 is 9.94. The molecule has 0 radical (unpaired) electrons. The van der Waals surface area contributed by atoms with Crippen LogP contribution in [0.3, 0.4) is 0 Å². The molecular weight excluding hydrogens is 246 g/mol. The van der Waals surface area contributed by atoms with Gasteiger partial charge in [0, 0.05) is 12.1 Å². The molecule has 0 aromatic rings. The normalized spacial score (nSPS) is 15.4. The second-order valence-corrected chi connectivity index (χ2v) is 4.02. The highest BCUT2D eigenvalue weighted by Gasteiger charge is 2.21. The predicted octanol–water partition coefficient (Wildman–Crippen LogP) is 2.18. The highest BCUT2D eigenvalue weighted by Crippen LogP contribution is 2.20. The molecule has 0 saturated carbocycles. The van der Waals surface area contributed by atoms with Crippen LogP contribution in [0, 0.1) is 0 Å². The predicted molar refractivity (Wildman–Crippen MR) is 71.8 cm³/mol. The van der Waals surface area contributed by atoms with E-state index >= 15 is 0 Å². The van der Waals surface area contributed by atoms with E-state index in [1.807, 2.05) is 0 Å². The Hall–Kier alpha value is -1.91. The Balaban J connectivity index is 3.02. The van der Waals surface area contributed by atoms with Crippen LogP contribution in [0.4, 0.5) is 0 Å². The van der Waals surface area contributed by atoms with E-state index in [0.29, 0.717) is 42.2 Å². The smallest absolute Gasteiger partial charge is 0.339 e. The molecule has 1 aliphatic rings. The number of aliphatic imine (C=N–C) groups is 1. The van der Waals surface area contributed by atoms with E-state index in [1.54, 1.807) is 33.8 Å². The first-order valence-corrected chi connectivity index (χ1v) is 6.31. The average Bonchev–Trinajstić information content (AvgIpc) is 2.48. The van der Waals surface area contributed by atoms with Crippen molar-refractivity contribution in [1.82, 2.24) is 0 Å². The first-order valence-electron chi connectivity index (χ1n) is 6.31. The summed E-state index contributed by atoms with van der Waals surface area (Å²) in [5, 5.41) is 0. The Morgan fingerprint density at radius 3 is 2.32 bits per heavy atom. The molecule has 0 aromatic heterocycles. The van der Waals surface area contributed by atoms with Crippen molar-refractivity contribution in [3.05, 3.63) is 22.9 Å². The molecule has 0 aromatic carbocycles. The molecule has 1 rings (SSSR count). The fourth-order valence-electron chi connectivity index (χ4n) is 1.77. The van der Waals surface area contributed by atoms with E-state index in [9.17, 15) is 9.59 Å². The number of esters is 2. The molecule has 0 fully saturated rings. The average molecular weight is 265 g/mol. The number of rotatable bonds is 4. The van der Waals surface area contributed by atoms with Gasteiger partial charge in [-0.05, 0) is 27.7 Å². The minimum Gasteiger partial charge on any atom is -0.463 e. The van der Waals surface area contributed by atoms with Gasteiger partial charge in [-0.15, -0.1) is 0 Å². The molecule has 0 bridgehead atoms. The molecule has 0 N–H and O–H groups in total. The fourth-order valence-corrected chi connectivity index (χ4v) is 1.77. The van der Waals surface area contributed by atoms with E-state index in [4.69, 9.17) is 9.47 Å². The molecule has 104 valence electrons. The van der Waals surface area contributed by atoms with Crippen LogP contribution in [0.1, 0.15) is 34.1 Å². The summed E-state index contributed by atoms with van der Waals surface area (Å²) in [6, 6.07) is 0. The first-order chi connectivity index (χ1) is 9.01. The van der Waals surface area contributed by atoms with Gasteiger partial charge in [0.25, 0.3) is 0 Å². The number of carbonyl (C=O) groups excluding carboxylic acids is 2. The maximum Gasteiger partial charge on any atom is 0.339 e. The third kappa shape index (κ3) is 3.77. The van der Waals surface area contributed by atoms with Gasteiger partial charge in [-0.1, -0.05) is 6.08 Å². The van der Waals surface area contributed by atoms with E-state index in [2.05, 4.69) is 4.99 Å². The number of carbonyl (C=O) groups is 2. The number of hydrogen-bond acceptors (Lipinski definition) is 5. The van der Waals surface area contributed by atoms with Crippen LogP contribution in [0.15, 0.2) is 27.9 Å². The second kappa shape index (κ2) is 6.87. The summed E-state index contributed by atoms with van der Waals surface area (Å²) >= 11 is 0. The third-order valence-corrected chi connectivity index (χ3v) is 2.69. The van der Waals surface area contributed by atoms with Crippen LogP contribution in [-0.4, -0.2) is 30.9 Å². The molecule has 5 nitrogen and oxygen atoms in total. The molecule has 0 aliphatic carbocycles. The molecule has 0 unspecified atom stereocenters. The van der Waals surface area contributed by atoms with Crippen molar-refractivity contribution < 1.29 is 19.1 Å². The van der Waals surface area contributed by atoms with Gasteiger partial charge in [0.15, 0.2) is 0 Å². The van der Waals surface area contributed by atoms with Gasteiger partial charge < -0.3 is 9.47 Å². The zero-order valence-corrected chi connectivity index (χ0v) is 11.8. The van der Waals surface area contributed by atoms with Gasteiger partial charge in [0.1, 0.15) is 0 Å². The van der Waals surface area contributed by atoms with E-state index < -0.39 is 11.9 Å². The highest BCUT2D eigenvalue weighted by molar-refractivity contribution is 6.19. The van der Waals surface area contributed by atoms with Crippen molar-refractivity contribution in [2.24, 2.45) is 4.99 Å². The van der Waals surface area contributed by atoms with Crippen molar-refractivity contribution in [2.45, 2.75) is 34.1 Å². The lowest BCUT2D eigenvalue weighted by Gasteiger charge is -2.05. The number of hydrogen-bond donors (Lipinski definition) is 0. The summed E-state index contributed by atoms with van der Waals surface area (Å²) in [7, 11) is 0. The standard InChI is InChI=1S/C14H19NO4/c1-5-18-13(16)11-7-8-12(14(17)19-6-2)10(4)15-9(11)3/h7H,5-6,8H2,1-4H3. The second-order valence-electron chi connectivity index (χ2n) is 4.02. The quantitative estimate of drug-likeness (QED) is 0.731. The van der Waals surface area contributed by atoms with Crippen molar-refractivity contribution in [3.63, 3.8) is 0 Å². The molecule has 0 saturated heterocycles. The van der Waals surface area contributed by atoms with Crippen molar-refractivity contribution in [1.29, 1.82) is 0 Å². The molecule has 19 heavy (non-hydrogen) atoms. The largest absolute Gasteiger partial charge is 0.463 e. The molecule has 5 heteroatoms. The summed E-state index contributed by atoms with van der Waals surface area (Å²) in [5.74, 6) is -0.806. The monoisotopic (exact) mass is 265 g/mol. The SMILES string of the molecule is CCOC(=O)C1=CCC(C(=O)OCC)=C(C)N=C1C. The van der Waals surface area contributed by atoms with E-state index in [0.717, 1.165) is 0 Å². The zero-order valence-electron chi connectivity index (χ0n) is 11.8. The van der Waals surface area contributed by atoms with Crippen LogP contribution in [0.2, 0.25) is 0 Å². The Morgan fingerprint density at radius 2 is 1.74 bits per heavy atom. The number of allylic oxidation sites excluding steroid dienone is 2. The van der Waals surface area contributed by atoms with Gasteiger partial charge >= 0.3 is 11.9 Å². The lowest BCUT2D eigenvalue weighted by atomic mass is 10.1. The Morgan fingerprint density at radius 1 is 1.16 bits per heavy atom. The molecule has 0 spiro atoms. The lowest BCUT2D eigenvalue weighted by molar-refractivity contribution is -0.139. The minimum atomic E-state index is -0.415. The summed E-state index contributed by atoms with van der Waals surface area (Å²) in [5.41, 5.74) is 2.00. The Kier molecular flexibility index (Phi) is 5.48. The Bertz CT molecular complexity index is 472. The Labute approximate surface area is 113 Å². The van der Waals surface area contributed by atoms with Gasteiger partial charge in [0.05, 0.1) is 30.1 Å². The highest BCUT2D eigenvalue weighted by atomic mass is 16.5. The van der Waals surface area contributed by atoms with E-state index in [-0.39, 0.29) is 0 Å². The lowest BCUT2D eigenvalue weighted by Crippen LogP contribution is -2.13. The molecule has 0 atom stereocenters. The van der Waals surface area contributed by atoms with Crippen LogP contribution in [0.5, 0.6) is 0 Å². The molecule has 1 aliphatic heterocycles. The van der Waals surface area contributed by atoms with Crippen molar-refractivity contribution in [2.75, 3.05) is 13.2 Å². The third-order valence-electron chi connectivity index (χ3n) is 2.69. The van der Waals surface area contributed by atoms with Gasteiger partial charge in [-0.2, -0.15) is 0 Å². The zero-order chi connectivity index (χ0) is 14.4. The maximum atomic E-state index is 11.8. The summed E-state index contributed by atoms with van der Waals surface area (Å²) in [6.45, 7) is 7.57.